The molecule has 1 saturated heterocycles. The molecule has 34 heavy (non-hydrogen) atoms. The van der Waals surface area contributed by atoms with Gasteiger partial charge in [0.25, 0.3) is 5.91 Å². The standard InChI is InChI=1S/C24H26F3N3O4/c1-2-3-13-24(17-6-8-18(25)9-7-17)21(32)30(23(33)29-24)15-20(31)28-14-12-16-4-10-19(11-5-16)34-22(26)27/h4-11,22H,2-3,12-15H2,1H3,(H,28,31)(H,29,33). The first-order chi connectivity index (χ1) is 16.2. The first-order valence-corrected chi connectivity index (χ1v) is 11.0. The summed E-state index contributed by atoms with van der Waals surface area (Å²) in [5.74, 6) is -1.50. The van der Waals surface area contributed by atoms with Gasteiger partial charge in [0.05, 0.1) is 0 Å². The number of alkyl halides is 2. The molecule has 0 bridgehead atoms. The van der Waals surface area contributed by atoms with Crippen LogP contribution in [0.5, 0.6) is 5.75 Å². The lowest BCUT2D eigenvalue weighted by Crippen LogP contribution is -2.45. The van der Waals surface area contributed by atoms with E-state index in [1.165, 1.54) is 36.4 Å². The minimum Gasteiger partial charge on any atom is -0.435 e. The van der Waals surface area contributed by atoms with Gasteiger partial charge in [0, 0.05) is 6.54 Å². The number of halogens is 3. The molecule has 0 radical (unpaired) electrons. The lowest BCUT2D eigenvalue weighted by Gasteiger charge is -2.27. The first kappa shape index (κ1) is 25.1. The summed E-state index contributed by atoms with van der Waals surface area (Å²) in [7, 11) is 0. The van der Waals surface area contributed by atoms with Gasteiger partial charge in [0.1, 0.15) is 23.7 Å². The zero-order valence-electron chi connectivity index (χ0n) is 18.7. The molecular weight excluding hydrogens is 451 g/mol. The van der Waals surface area contributed by atoms with Crippen molar-refractivity contribution < 1.29 is 32.3 Å². The van der Waals surface area contributed by atoms with Gasteiger partial charge >= 0.3 is 12.6 Å². The Balaban J connectivity index is 1.60. The Morgan fingerprint density at radius 1 is 1.12 bits per heavy atom. The lowest BCUT2D eigenvalue weighted by molar-refractivity contribution is -0.135. The van der Waals surface area contributed by atoms with Crippen LogP contribution < -0.4 is 15.4 Å². The van der Waals surface area contributed by atoms with Crippen LogP contribution in [0.25, 0.3) is 0 Å². The lowest BCUT2D eigenvalue weighted by atomic mass is 9.85. The van der Waals surface area contributed by atoms with E-state index in [4.69, 9.17) is 0 Å². The zero-order valence-corrected chi connectivity index (χ0v) is 18.7. The minimum absolute atomic E-state index is 0.0362. The highest BCUT2D eigenvalue weighted by Gasteiger charge is 2.52. The van der Waals surface area contributed by atoms with Crippen molar-refractivity contribution in [3.63, 3.8) is 0 Å². The van der Waals surface area contributed by atoms with Gasteiger partial charge in [-0.15, -0.1) is 0 Å². The highest BCUT2D eigenvalue weighted by atomic mass is 19.3. The molecule has 0 spiro atoms. The number of hydrogen-bond acceptors (Lipinski definition) is 4. The Labute approximate surface area is 195 Å². The molecule has 0 saturated carbocycles. The summed E-state index contributed by atoms with van der Waals surface area (Å²) in [6, 6.07) is 10.7. The van der Waals surface area contributed by atoms with Gasteiger partial charge in [-0.1, -0.05) is 44.0 Å². The molecule has 3 rings (SSSR count). The van der Waals surface area contributed by atoms with Crippen molar-refractivity contribution in [2.24, 2.45) is 0 Å². The summed E-state index contributed by atoms with van der Waals surface area (Å²) < 4.78 is 42.1. The highest BCUT2D eigenvalue weighted by molar-refractivity contribution is 6.09. The van der Waals surface area contributed by atoms with Crippen molar-refractivity contribution in [3.05, 3.63) is 65.5 Å². The number of urea groups is 1. The molecule has 1 heterocycles. The summed E-state index contributed by atoms with van der Waals surface area (Å²) in [6.45, 7) is -1.19. The van der Waals surface area contributed by atoms with Crippen LogP contribution in [0, 0.1) is 5.82 Å². The topological polar surface area (TPSA) is 87.7 Å². The fourth-order valence-electron chi connectivity index (χ4n) is 3.84. The quantitative estimate of drug-likeness (QED) is 0.483. The van der Waals surface area contributed by atoms with Gasteiger partial charge in [0.2, 0.25) is 5.91 Å². The van der Waals surface area contributed by atoms with E-state index in [0.717, 1.165) is 16.9 Å². The number of nitrogens with one attached hydrogen (secondary N) is 2. The van der Waals surface area contributed by atoms with Crippen LogP contribution in [0.3, 0.4) is 0 Å². The molecule has 0 aliphatic carbocycles. The third-order valence-electron chi connectivity index (χ3n) is 5.60. The second kappa shape index (κ2) is 11.0. The summed E-state index contributed by atoms with van der Waals surface area (Å²) in [6.07, 6.45) is 2.16. The molecule has 2 aromatic carbocycles. The number of rotatable bonds is 11. The Bertz CT molecular complexity index is 1020. The molecule has 1 aliphatic heterocycles. The van der Waals surface area contributed by atoms with Crippen molar-refractivity contribution >= 4 is 17.8 Å². The Morgan fingerprint density at radius 3 is 2.41 bits per heavy atom. The van der Waals surface area contributed by atoms with Crippen LogP contribution in [0.2, 0.25) is 0 Å². The molecule has 2 N–H and O–H groups in total. The molecule has 1 aliphatic rings. The number of imide groups is 1. The van der Waals surface area contributed by atoms with Crippen molar-refractivity contribution in [3.8, 4) is 5.75 Å². The molecule has 1 atom stereocenters. The minimum atomic E-state index is -2.90. The number of benzene rings is 2. The fourth-order valence-corrected chi connectivity index (χ4v) is 3.84. The molecule has 10 heteroatoms. The molecule has 1 fully saturated rings. The van der Waals surface area contributed by atoms with Gasteiger partial charge in [-0.3, -0.25) is 14.5 Å². The van der Waals surface area contributed by atoms with Crippen molar-refractivity contribution in [1.29, 1.82) is 0 Å². The fraction of sp³-hybridized carbons (Fsp3) is 0.375. The Kier molecular flexibility index (Phi) is 8.14. The molecular formula is C24H26F3N3O4. The van der Waals surface area contributed by atoms with Crippen molar-refractivity contribution in [2.45, 2.75) is 44.8 Å². The van der Waals surface area contributed by atoms with Crippen LogP contribution in [0.1, 0.15) is 37.3 Å². The van der Waals surface area contributed by atoms with Crippen molar-refractivity contribution in [2.75, 3.05) is 13.1 Å². The van der Waals surface area contributed by atoms with Crippen LogP contribution >= 0.6 is 0 Å². The van der Waals surface area contributed by atoms with E-state index in [-0.39, 0.29) is 12.3 Å². The average Bonchev–Trinajstić information content (AvgIpc) is 3.04. The summed E-state index contributed by atoms with van der Waals surface area (Å²) in [4.78, 5) is 39.2. The van der Waals surface area contributed by atoms with E-state index in [1.807, 2.05) is 6.92 Å². The second-order valence-corrected chi connectivity index (χ2v) is 7.96. The molecule has 182 valence electrons. The maximum atomic E-state index is 13.4. The monoisotopic (exact) mass is 477 g/mol. The predicted molar refractivity (Wildman–Crippen MR) is 118 cm³/mol. The van der Waals surface area contributed by atoms with E-state index < -0.39 is 42.4 Å². The van der Waals surface area contributed by atoms with Gasteiger partial charge in [0.15, 0.2) is 0 Å². The van der Waals surface area contributed by atoms with Crippen LogP contribution in [0.4, 0.5) is 18.0 Å². The van der Waals surface area contributed by atoms with E-state index in [0.29, 0.717) is 24.8 Å². The average molecular weight is 477 g/mol. The number of carbonyl (C=O) groups is 3. The maximum absolute atomic E-state index is 13.4. The van der Waals surface area contributed by atoms with Gasteiger partial charge in [-0.05, 0) is 48.2 Å². The van der Waals surface area contributed by atoms with E-state index >= 15 is 0 Å². The van der Waals surface area contributed by atoms with E-state index in [1.54, 1.807) is 12.1 Å². The highest BCUT2D eigenvalue weighted by Crippen LogP contribution is 2.34. The van der Waals surface area contributed by atoms with Gasteiger partial charge < -0.3 is 15.4 Å². The van der Waals surface area contributed by atoms with Crippen LogP contribution in [-0.4, -0.2) is 42.4 Å². The third kappa shape index (κ3) is 5.86. The van der Waals surface area contributed by atoms with E-state index in [9.17, 15) is 27.6 Å². The predicted octanol–water partition coefficient (Wildman–Crippen LogP) is 3.72. The molecule has 1 unspecified atom stereocenters. The Morgan fingerprint density at radius 2 is 1.79 bits per heavy atom. The molecule has 0 aromatic heterocycles. The van der Waals surface area contributed by atoms with Crippen molar-refractivity contribution in [1.82, 2.24) is 15.5 Å². The number of amides is 4. The summed E-state index contributed by atoms with van der Waals surface area (Å²) in [5, 5.41) is 5.36. The number of hydrogen-bond donors (Lipinski definition) is 2. The number of ether oxygens (including phenoxy) is 1. The van der Waals surface area contributed by atoms with Gasteiger partial charge in [-0.2, -0.15) is 8.78 Å². The number of carbonyl (C=O) groups excluding carboxylic acids is 3. The first-order valence-electron chi connectivity index (χ1n) is 11.0. The third-order valence-corrected chi connectivity index (χ3v) is 5.60. The molecule has 4 amide bonds. The van der Waals surface area contributed by atoms with Gasteiger partial charge in [-0.25, -0.2) is 9.18 Å². The maximum Gasteiger partial charge on any atom is 0.387 e. The normalized spacial score (nSPS) is 17.7. The SMILES string of the molecule is CCCCC1(c2ccc(F)cc2)NC(=O)N(CC(=O)NCCc2ccc(OC(F)F)cc2)C1=O. The van der Waals surface area contributed by atoms with Crippen LogP contribution in [-0.2, 0) is 21.5 Å². The zero-order chi connectivity index (χ0) is 24.7. The smallest absolute Gasteiger partial charge is 0.387 e. The largest absolute Gasteiger partial charge is 0.435 e. The second-order valence-electron chi connectivity index (χ2n) is 7.96. The Hall–Kier alpha value is -3.56. The molecule has 7 nitrogen and oxygen atoms in total. The summed E-state index contributed by atoms with van der Waals surface area (Å²) in [5.41, 5.74) is -0.0991. The molecule has 2 aromatic rings. The number of unbranched alkanes of at least 4 members (excludes halogenated alkanes) is 1. The van der Waals surface area contributed by atoms with E-state index in [2.05, 4.69) is 15.4 Å². The summed E-state index contributed by atoms with van der Waals surface area (Å²) >= 11 is 0. The van der Waals surface area contributed by atoms with Crippen LogP contribution in [0.15, 0.2) is 48.5 Å². The number of nitrogens with zero attached hydrogens (tertiary/aromatic N) is 1.